The van der Waals surface area contributed by atoms with Crippen molar-refractivity contribution in [2.45, 2.75) is 19.4 Å². The lowest BCUT2D eigenvalue weighted by atomic mass is 10.1. The smallest absolute Gasteiger partial charge is 0.243 e. The largest absolute Gasteiger partial charge is 0.497 e. The number of nitrogens with zero attached hydrogens (tertiary/aromatic N) is 1. The summed E-state index contributed by atoms with van der Waals surface area (Å²) in [7, 11) is -2.04. The second-order valence-electron chi connectivity index (χ2n) is 6.10. The van der Waals surface area contributed by atoms with E-state index in [-0.39, 0.29) is 5.91 Å². The minimum absolute atomic E-state index is 0.371. The quantitative estimate of drug-likeness (QED) is 0.726. The van der Waals surface area contributed by atoms with E-state index in [2.05, 4.69) is 5.32 Å². The van der Waals surface area contributed by atoms with E-state index in [4.69, 9.17) is 16.3 Å². The standard InChI is InChI=1S/C19H23ClN2O4S/c1-14(22(27(3,24)25)17-8-6-16(20)7-9-17)19(23)21-13-12-15-4-10-18(26-2)11-5-15/h4-11,14H,12-13H2,1-3H3,(H,21,23)/t14-/m1/s1. The summed E-state index contributed by atoms with van der Waals surface area (Å²) in [5.41, 5.74) is 1.43. The van der Waals surface area contributed by atoms with Gasteiger partial charge in [0.2, 0.25) is 15.9 Å². The molecular weight excluding hydrogens is 388 g/mol. The summed E-state index contributed by atoms with van der Waals surface area (Å²) in [6.07, 6.45) is 1.70. The molecule has 6 nitrogen and oxygen atoms in total. The number of amides is 1. The summed E-state index contributed by atoms with van der Waals surface area (Å²) in [6.45, 7) is 1.95. The van der Waals surface area contributed by atoms with Crippen LogP contribution >= 0.6 is 11.6 Å². The Hall–Kier alpha value is -2.25. The number of halogens is 1. The van der Waals surface area contributed by atoms with Crippen molar-refractivity contribution in [1.82, 2.24) is 5.32 Å². The molecule has 146 valence electrons. The van der Waals surface area contributed by atoms with Crippen LogP contribution in [-0.2, 0) is 21.2 Å². The lowest BCUT2D eigenvalue weighted by Gasteiger charge is -2.28. The lowest BCUT2D eigenvalue weighted by Crippen LogP contribution is -2.48. The van der Waals surface area contributed by atoms with Crippen molar-refractivity contribution in [2.75, 3.05) is 24.2 Å². The molecule has 0 aromatic heterocycles. The van der Waals surface area contributed by atoms with Crippen molar-refractivity contribution < 1.29 is 17.9 Å². The second kappa shape index (κ2) is 9.10. The molecule has 0 radical (unpaired) electrons. The predicted octanol–water partition coefficient (Wildman–Crippen LogP) is 2.86. The number of methoxy groups -OCH3 is 1. The first kappa shape index (κ1) is 21.1. The minimum atomic E-state index is -3.64. The zero-order valence-corrected chi connectivity index (χ0v) is 17.0. The second-order valence-corrected chi connectivity index (χ2v) is 8.40. The van der Waals surface area contributed by atoms with Crippen molar-refractivity contribution in [3.63, 3.8) is 0 Å². The molecule has 0 aliphatic carbocycles. The Balaban J connectivity index is 2.02. The number of rotatable bonds is 8. The van der Waals surface area contributed by atoms with Crippen molar-refractivity contribution in [3.05, 3.63) is 59.1 Å². The number of hydrogen-bond acceptors (Lipinski definition) is 4. The van der Waals surface area contributed by atoms with Crippen molar-refractivity contribution in [2.24, 2.45) is 0 Å². The highest BCUT2D eigenvalue weighted by molar-refractivity contribution is 7.92. The summed E-state index contributed by atoms with van der Waals surface area (Å²) in [5.74, 6) is 0.395. The SMILES string of the molecule is COc1ccc(CCNC(=O)[C@@H](C)N(c2ccc(Cl)cc2)S(C)(=O)=O)cc1. The van der Waals surface area contributed by atoms with Gasteiger partial charge in [0, 0.05) is 11.6 Å². The Kier molecular flexibility index (Phi) is 7.10. The molecule has 0 unspecified atom stereocenters. The van der Waals surface area contributed by atoms with Crippen LogP contribution in [0.5, 0.6) is 5.75 Å². The monoisotopic (exact) mass is 410 g/mol. The molecule has 27 heavy (non-hydrogen) atoms. The minimum Gasteiger partial charge on any atom is -0.497 e. The van der Waals surface area contributed by atoms with Crippen LogP contribution in [0.1, 0.15) is 12.5 Å². The molecule has 0 aliphatic rings. The Labute approximate surface area is 165 Å². The van der Waals surface area contributed by atoms with Gasteiger partial charge in [-0.15, -0.1) is 0 Å². The third-order valence-electron chi connectivity index (χ3n) is 4.04. The molecule has 0 saturated carbocycles. The molecule has 2 aromatic carbocycles. The van der Waals surface area contributed by atoms with Gasteiger partial charge < -0.3 is 10.1 Å². The number of anilines is 1. The average molecular weight is 411 g/mol. The Bertz CT molecular complexity index is 868. The molecule has 1 atom stereocenters. The first-order valence-electron chi connectivity index (χ1n) is 8.38. The third kappa shape index (κ3) is 5.87. The molecule has 8 heteroatoms. The number of carbonyl (C=O) groups excluding carboxylic acids is 1. The van der Waals surface area contributed by atoms with Crippen molar-refractivity contribution >= 4 is 33.2 Å². The molecule has 0 bridgehead atoms. The highest BCUT2D eigenvalue weighted by Gasteiger charge is 2.28. The number of nitrogens with one attached hydrogen (secondary N) is 1. The number of hydrogen-bond donors (Lipinski definition) is 1. The summed E-state index contributed by atoms with van der Waals surface area (Å²) in [6, 6.07) is 13.0. The van der Waals surface area contributed by atoms with E-state index in [0.717, 1.165) is 21.9 Å². The highest BCUT2D eigenvalue weighted by Crippen LogP contribution is 2.23. The van der Waals surface area contributed by atoms with Gasteiger partial charge in [-0.25, -0.2) is 8.42 Å². The summed E-state index contributed by atoms with van der Waals surface area (Å²) in [4.78, 5) is 12.5. The van der Waals surface area contributed by atoms with Crippen molar-refractivity contribution in [1.29, 1.82) is 0 Å². The topological polar surface area (TPSA) is 75.7 Å². The van der Waals surface area contributed by atoms with Crippen LogP contribution in [0.2, 0.25) is 5.02 Å². The fourth-order valence-electron chi connectivity index (χ4n) is 2.67. The van der Waals surface area contributed by atoms with E-state index in [9.17, 15) is 13.2 Å². The van der Waals surface area contributed by atoms with Gasteiger partial charge >= 0.3 is 0 Å². The molecule has 1 N–H and O–H groups in total. The first-order valence-corrected chi connectivity index (χ1v) is 10.6. The number of carbonyl (C=O) groups is 1. The number of ether oxygens (including phenoxy) is 1. The molecule has 2 rings (SSSR count). The molecule has 0 fully saturated rings. The van der Waals surface area contributed by atoms with Crippen LogP contribution < -0.4 is 14.4 Å². The number of benzene rings is 2. The van der Waals surface area contributed by atoms with Gasteiger partial charge in [0.05, 0.1) is 19.1 Å². The van der Waals surface area contributed by atoms with E-state index in [1.54, 1.807) is 38.3 Å². The van der Waals surface area contributed by atoms with Gasteiger partial charge in [-0.05, 0) is 55.3 Å². The van der Waals surface area contributed by atoms with Gasteiger partial charge in [-0.2, -0.15) is 0 Å². The maximum Gasteiger partial charge on any atom is 0.243 e. The van der Waals surface area contributed by atoms with Gasteiger partial charge in [0.15, 0.2) is 0 Å². The maximum absolute atomic E-state index is 12.5. The maximum atomic E-state index is 12.5. The molecule has 2 aromatic rings. The van der Waals surface area contributed by atoms with E-state index < -0.39 is 16.1 Å². The molecule has 0 heterocycles. The fourth-order valence-corrected chi connectivity index (χ4v) is 3.97. The van der Waals surface area contributed by atoms with Crippen LogP contribution in [0, 0.1) is 0 Å². The van der Waals surface area contributed by atoms with Crippen LogP contribution in [0.25, 0.3) is 0 Å². The Morgan fingerprint density at radius 2 is 1.74 bits per heavy atom. The van der Waals surface area contributed by atoms with Crippen LogP contribution in [0.4, 0.5) is 5.69 Å². The Morgan fingerprint density at radius 3 is 2.26 bits per heavy atom. The zero-order chi connectivity index (χ0) is 20.0. The molecule has 0 spiro atoms. The van der Waals surface area contributed by atoms with Gasteiger partial charge in [-0.3, -0.25) is 9.10 Å². The summed E-state index contributed by atoms with van der Waals surface area (Å²) in [5, 5.41) is 3.28. The summed E-state index contributed by atoms with van der Waals surface area (Å²) >= 11 is 5.86. The van der Waals surface area contributed by atoms with E-state index in [1.807, 2.05) is 24.3 Å². The van der Waals surface area contributed by atoms with Crippen molar-refractivity contribution in [3.8, 4) is 5.75 Å². The van der Waals surface area contributed by atoms with Gasteiger partial charge in [0.25, 0.3) is 0 Å². The Morgan fingerprint density at radius 1 is 1.15 bits per heavy atom. The zero-order valence-electron chi connectivity index (χ0n) is 15.5. The fraction of sp³-hybridized carbons (Fsp3) is 0.316. The van der Waals surface area contributed by atoms with Crippen LogP contribution in [0.15, 0.2) is 48.5 Å². The van der Waals surface area contributed by atoms with E-state index >= 15 is 0 Å². The molecule has 1 amide bonds. The molecular formula is C19H23ClN2O4S. The normalized spacial score (nSPS) is 12.3. The van der Waals surface area contributed by atoms with Crippen LogP contribution in [0.3, 0.4) is 0 Å². The first-order chi connectivity index (χ1) is 12.7. The van der Waals surface area contributed by atoms with E-state index in [0.29, 0.717) is 23.7 Å². The summed E-state index contributed by atoms with van der Waals surface area (Å²) < 4.78 is 30.6. The third-order valence-corrected chi connectivity index (χ3v) is 5.54. The lowest BCUT2D eigenvalue weighted by molar-refractivity contribution is -0.121. The highest BCUT2D eigenvalue weighted by atomic mass is 35.5. The van der Waals surface area contributed by atoms with Crippen LogP contribution in [-0.4, -0.2) is 40.3 Å². The molecule has 0 aliphatic heterocycles. The molecule has 0 saturated heterocycles. The average Bonchev–Trinajstić information content (AvgIpc) is 2.63. The van der Waals surface area contributed by atoms with Gasteiger partial charge in [-0.1, -0.05) is 23.7 Å². The number of sulfonamides is 1. The van der Waals surface area contributed by atoms with E-state index in [1.165, 1.54) is 0 Å². The predicted molar refractivity (Wildman–Crippen MR) is 108 cm³/mol. The van der Waals surface area contributed by atoms with Gasteiger partial charge in [0.1, 0.15) is 11.8 Å².